The molecule has 0 unspecified atom stereocenters. The number of nitro benzene ring substituents is 1. The molecule has 0 spiro atoms. The van der Waals surface area contributed by atoms with E-state index in [1.54, 1.807) is 0 Å². The average Bonchev–Trinajstić information content (AvgIpc) is 2.62. The fourth-order valence-corrected chi connectivity index (χ4v) is 1.89. The Balaban J connectivity index is 2.07. The highest BCUT2D eigenvalue weighted by Gasteiger charge is 2.22. The summed E-state index contributed by atoms with van der Waals surface area (Å²) < 4.78 is 44.4. The third-order valence-corrected chi connectivity index (χ3v) is 3.24. The molecule has 0 heterocycles. The van der Waals surface area contributed by atoms with Gasteiger partial charge in [-0.15, -0.1) is 0 Å². The van der Waals surface area contributed by atoms with Gasteiger partial charge < -0.3 is 10.1 Å². The van der Waals surface area contributed by atoms with E-state index in [0.717, 1.165) is 19.1 Å². The van der Waals surface area contributed by atoms with Crippen LogP contribution in [0, 0.1) is 27.6 Å². The van der Waals surface area contributed by atoms with Gasteiger partial charge in [0, 0.05) is 12.1 Å². The van der Waals surface area contributed by atoms with Crippen LogP contribution in [0.2, 0.25) is 0 Å². The molecule has 2 aromatic rings. The summed E-state index contributed by atoms with van der Waals surface area (Å²) in [4.78, 5) is 33.8. The summed E-state index contributed by atoms with van der Waals surface area (Å²) in [5.41, 5.74) is -1.15. The fraction of sp³-hybridized carbons (Fsp3) is 0.125. The minimum Gasteiger partial charge on any atom is -0.449 e. The molecule has 0 saturated heterocycles. The molecule has 0 fully saturated rings. The van der Waals surface area contributed by atoms with Gasteiger partial charge in [0.25, 0.3) is 11.6 Å². The number of carbonyl (C=O) groups excluding carboxylic acids is 2. The number of nitrogens with one attached hydrogen (secondary N) is 1. The SMILES string of the molecule is C[C@@H](OC(=O)c1cccc([N+](=O)[O-])c1)C(=O)Nc1ccc(F)c(F)c1F. The quantitative estimate of drug-likeness (QED) is 0.378. The Labute approximate surface area is 144 Å². The molecule has 1 N–H and O–H groups in total. The molecule has 136 valence electrons. The number of hydrogen-bond donors (Lipinski definition) is 1. The number of halogens is 3. The number of non-ortho nitro benzene ring substituents is 1. The predicted molar refractivity (Wildman–Crippen MR) is 82.9 cm³/mol. The molecule has 0 aliphatic rings. The summed E-state index contributed by atoms with van der Waals surface area (Å²) in [5, 5.41) is 12.6. The van der Waals surface area contributed by atoms with E-state index in [9.17, 15) is 32.9 Å². The maximum atomic E-state index is 13.5. The number of nitro groups is 1. The Bertz CT molecular complexity index is 888. The van der Waals surface area contributed by atoms with Crippen molar-refractivity contribution >= 4 is 23.3 Å². The molecule has 0 aliphatic heterocycles. The van der Waals surface area contributed by atoms with Crippen LogP contribution in [0.4, 0.5) is 24.5 Å². The van der Waals surface area contributed by atoms with Crippen molar-refractivity contribution in [3.8, 4) is 0 Å². The lowest BCUT2D eigenvalue weighted by Gasteiger charge is -2.14. The van der Waals surface area contributed by atoms with E-state index >= 15 is 0 Å². The van der Waals surface area contributed by atoms with Crippen molar-refractivity contribution in [1.82, 2.24) is 0 Å². The number of ether oxygens (including phenoxy) is 1. The van der Waals surface area contributed by atoms with E-state index in [-0.39, 0.29) is 11.3 Å². The molecule has 7 nitrogen and oxygen atoms in total. The third kappa shape index (κ3) is 4.15. The summed E-state index contributed by atoms with van der Waals surface area (Å²) in [6, 6.07) is 6.06. The number of rotatable bonds is 5. The predicted octanol–water partition coefficient (Wildman–Crippen LogP) is 3.20. The van der Waals surface area contributed by atoms with Crippen molar-refractivity contribution in [2.75, 3.05) is 5.32 Å². The normalized spacial score (nSPS) is 11.5. The first-order valence-electron chi connectivity index (χ1n) is 7.10. The van der Waals surface area contributed by atoms with E-state index in [2.05, 4.69) is 0 Å². The Kier molecular flexibility index (Phi) is 5.55. The molecule has 2 rings (SSSR count). The standard InChI is InChI=1S/C16H11F3N2O5/c1-8(15(22)20-12-6-5-11(17)13(18)14(12)19)26-16(23)9-3-2-4-10(7-9)21(24)25/h2-8H,1H3,(H,20,22)/t8-/m1/s1. The van der Waals surface area contributed by atoms with Gasteiger partial charge in [0.2, 0.25) is 0 Å². The highest BCUT2D eigenvalue weighted by molar-refractivity contribution is 5.97. The van der Waals surface area contributed by atoms with Crippen LogP contribution in [0.5, 0.6) is 0 Å². The third-order valence-electron chi connectivity index (χ3n) is 3.24. The molecule has 1 atom stereocenters. The van der Waals surface area contributed by atoms with Crippen molar-refractivity contribution in [2.45, 2.75) is 13.0 Å². The first kappa shape index (κ1) is 18.9. The molecular formula is C16H11F3N2O5. The number of carbonyl (C=O) groups is 2. The van der Waals surface area contributed by atoms with Gasteiger partial charge >= 0.3 is 5.97 Å². The van der Waals surface area contributed by atoms with Crippen molar-refractivity contribution < 1.29 is 32.4 Å². The first-order valence-corrected chi connectivity index (χ1v) is 7.10. The van der Waals surface area contributed by atoms with Crippen molar-refractivity contribution in [2.24, 2.45) is 0 Å². The van der Waals surface area contributed by atoms with E-state index in [4.69, 9.17) is 4.74 Å². The Morgan fingerprint density at radius 1 is 1.15 bits per heavy atom. The number of amides is 1. The number of hydrogen-bond acceptors (Lipinski definition) is 5. The summed E-state index contributed by atoms with van der Waals surface area (Å²) in [7, 11) is 0. The van der Waals surface area contributed by atoms with Gasteiger partial charge in [-0.05, 0) is 25.1 Å². The lowest BCUT2D eigenvalue weighted by atomic mass is 10.2. The molecular weight excluding hydrogens is 357 g/mol. The van der Waals surface area contributed by atoms with E-state index in [0.29, 0.717) is 6.07 Å². The topological polar surface area (TPSA) is 98.5 Å². The van der Waals surface area contributed by atoms with Gasteiger partial charge in [-0.2, -0.15) is 0 Å². The lowest BCUT2D eigenvalue weighted by molar-refractivity contribution is -0.384. The minimum atomic E-state index is -1.76. The Hall–Kier alpha value is -3.43. The molecule has 0 bridgehead atoms. The van der Waals surface area contributed by atoms with Crippen LogP contribution in [0.15, 0.2) is 36.4 Å². The van der Waals surface area contributed by atoms with Gasteiger partial charge in [-0.3, -0.25) is 14.9 Å². The largest absolute Gasteiger partial charge is 0.449 e. The van der Waals surface area contributed by atoms with E-state index < -0.39 is 46.0 Å². The van der Waals surface area contributed by atoms with E-state index in [1.165, 1.54) is 18.2 Å². The van der Waals surface area contributed by atoms with Crippen molar-refractivity contribution in [3.05, 3.63) is 69.5 Å². The zero-order valence-electron chi connectivity index (χ0n) is 13.2. The van der Waals surface area contributed by atoms with Gasteiger partial charge in [-0.25, -0.2) is 18.0 Å². The summed E-state index contributed by atoms with van der Waals surface area (Å²) >= 11 is 0. The van der Waals surface area contributed by atoms with Crippen LogP contribution in [0.3, 0.4) is 0 Å². The molecule has 0 radical (unpaired) electrons. The molecule has 1 amide bonds. The molecule has 2 aromatic carbocycles. The average molecular weight is 368 g/mol. The smallest absolute Gasteiger partial charge is 0.339 e. The molecule has 0 aromatic heterocycles. The Morgan fingerprint density at radius 2 is 1.85 bits per heavy atom. The summed E-state index contributed by atoms with van der Waals surface area (Å²) in [6.07, 6.45) is -1.44. The number of benzene rings is 2. The first-order chi connectivity index (χ1) is 12.2. The number of esters is 1. The van der Waals surface area contributed by atoms with Gasteiger partial charge in [0.05, 0.1) is 16.2 Å². The zero-order chi connectivity index (χ0) is 19.4. The molecule has 26 heavy (non-hydrogen) atoms. The second-order valence-corrected chi connectivity index (χ2v) is 5.07. The zero-order valence-corrected chi connectivity index (χ0v) is 13.2. The summed E-state index contributed by atoms with van der Waals surface area (Å²) in [5.74, 6) is -6.82. The number of anilines is 1. The second-order valence-electron chi connectivity index (χ2n) is 5.07. The van der Waals surface area contributed by atoms with Crippen LogP contribution in [-0.4, -0.2) is 22.9 Å². The van der Waals surface area contributed by atoms with Crippen molar-refractivity contribution in [3.63, 3.8) is 0 Å². The van der Waals surface area contributed by atoms with Gasteiger partial charge in [0.1, 0.15) is 0 Å². The maximum absolute atomic E-state index is 13.5. The van der Waals surface area contributed by atoms with Crippen molar-refractivity contribution in [1.29, 1.82) is 0 Å². The van der Waals surface area contributed by atoms with Gasteiger partial charge in [-0.1, -0.05) is 6.07 Å². The highest BCUT2D eigenvalue weighted by atomic mass is 19.2. The van der Waals surface area contributed by atoms with Crippen LogP contribution < -0.4 is 5.32 Å². The van der Waals surface area contributed by atoms with E-state index in [1.807, 2.05) is 5.32 Å². The number of nitrogens with zero attached hydrogens (tertiary/aromatic N) is 1. The van der Waals surface area contributed by atoms with Gasteiger partial charge in [0.15, 0.2) is 23.6 Å². The fourth-order valence-electron chi connectivity index (χ4n) is 1.89. The molecule has 0 aliphatic carbocycles. The Morgan fingerprint density at radius 3 is 2.50 bits per heavy atom. The summed E-state index contributed by atoms with van der Waals surface area (Å²) in [6.45, 7) is 1.16. The van der Waals surface area contributed by atoms with Crippen LogP contribution in [0.25, 0.3) is 0 Å². The van der Waals surface area contributed by atoms with Crippen LogP contribution >= 0.6 is 0 Å². The van der Waals surface area contributed by atoms with Crippen LogP contribution in [-0.2, 0) is 9.53 Å². The minimum absolute atomic E-state index is 0.169. The van der Waals surface area contributed by atoms with Crippen LogP contribution in [0.1, 0.15) is 17.3 Å². The molecule has 0 saturated carbocycles. The highest BCUT2D eigenvalue weighted by Crippen LogP contribution is 2.20. The lowest BCUT2D eigenvalue weighted by Crippen LogP contribution is -2.30. The second kappa shape index (κ2) is 7.64. The monoisotopic (exact) mass is 368 g/mol. The molecule has 10 heteroatoms. The maximum Gasteiger partial charge on any atom is 0.339 e.